The standard InChI is InChI=1S/C14H16FN3O/c1-9-17-7-6-13(18-9)14(16-2)11-5-4-10(19-3)8-12(11)15/h4-8,14,16H,1-3H3. The minimum atomic E-state index is -0.324. The van der Waals surface area contributed by atoms with Gasteiger partial charge in [-0.25, -0.2) is 14.4 Å². The molecular formula is C14H16FN3O. The van der Waals surface area contributed by atoms with E-state index >= 15 is 0 Å². The van der Waals surface area contributed by atoms with E-state index in [-0.39, 0.29) is 11.9 Å². The van der Waals surface area contributed by atoms with Crippen LogP contribution in [-0.4, -0.2) is 24.1 Å². The number of hydrogen-bond acceptors (Lipinski definition) is 4. The summed E-state index contributed by atoms with van der Waals surface area (Å²) in [6, 6.07) is 6.27. The fourth-order valence-corrected chi connectivity index (χ4v) is 1.97. The molecule has 0 saturated heterocycles. The third-order valence-corrected chi connectivity index (χ3v) is 2.90. The summed E-state index contributed by atoms with van der Waals surface area (Å²) in [7, 11) is 3.28. The maximum absolute atomic E-state index is 14.1. The number of nitrogens with one attached hydrogen (secondary N) is 1. The molecule has 5 heteroatoms. The van der Waals surface area contributed by atoms with Crippen LogP contribution in [0.4, 0.5) is 4.39 Å². The monoisotopic (exact) mass is 261 g/mol. The van der Waals surface area contributed by atoms with Crippen LogP contribution < -0.4 is 10.1 Å². The van der Waals surface area contributed by atoms with Crippen LogP contribution in [0.5, 0.6) is 5.75 Å². The van der Waals surface area contributed by atoms with Crippen LogP contribution in [0.25, 0.3) is 0 Å². The SMILES string of the molecule is CNC(c1ccnc(C)n1)c1ccc(OC)cc1F. The summed E-state index contributed by atoms with van der Waals surface area (Å²) in [5, 5.41) is 3.07. The number of methoxy groups -OCH3 is 1. The Morgan fingerprint density at radius 3 is 2.68 bits per heavy atom. The van der Waals surface area contributed by atoms with Gasteiger partial charge in [-0.15, -0.1) is 0 Å². The Kier molecular flexibility index (Phi) is 4.06. The normalized spacial score (nSPS) is 12.2. The van der Waals surface area contributed by atoms with E-state index < -0.39 is 0 Å². The van der Waals surface area contributed by atoms with Crippen molar-refractivity contribution in [1.29, 1.82) is 0 Å². The zero-order valence-electron chi connectivity index (χ0n) is 11.1. The predicted octanol–water partition coefficient (Wildman–Crippen LogP) is 2.24. The summed E-state index contributed by atoms with van der Waals surface area (Å²) >= 11 is 0. The first kappa shape index (κ1) is 13.4. The molecule has 0 fully saturated rings. The molecule has 1 atom stereocenters. The van der Waals surface area contributed by atoms with Gasteiger partial charge in [0.15, 0.2) is 0 Å². The molecule has 2 rings (SSSR count). The first-order valence-electron chi connectivity index (χ1n) is 5.96. The molecule has 1 unspecified atom stereocenters. The Hall–Kier alpha value is -2.01. The van der Waals surface area contributed by atoms with Gasteiger partial charge < -0.3 is 10.1 Å². The highest BCUT2D eigenvalue weighted by Crippen LogP contribution is 2.25. The molecule has 0 radical (unpaired) electrons. The van der Waals surface area contributed by atoms with Gasteiger partial charge in [0.2, 0.25) is 0 Å². The third kappa shape index (κ3) is 2.88. The second kappa shape index (κ2) is 5.75. The average Bonchev–Trinajstić information content (AvgIpc) is 2.41. The fourth-order valence-electron chi connectivity index (χ4n) is 1.97. The molecule has 19 heavy (non-hydrogen) atoms. The van der Waals surface area contributed by atoms with Gasteiger partial charge in [-0.2, -0.15) is 0 Å². The molecule has 2 aromatic rings. The number of aryl methyl sites for hydroxylation is 1. The van der Waals surface area contributed by atoms with Gasteiger partial charge >= 0.3 is 0 Å². The first-order valence-corrected chi connectivity index (χ1v) is 5.96. The smallest absolute Gasteiger partial charge is 0.132 e. The summed E-state index contributed by atoms with van der Waals surface area (Å²) in [6.45, 7) is 1.81. The minimum Gasteiger partial charge on any atom is -0.497 e. The van der Waals surface area contributed by atoms with E-state index in [9.17, 15) is 4.39 Å². The zero-order valence-corrected chi connectivity index (χ0v) is 11.1. The number of nitrogens with zero attached hydrogens (tertiary/aromatic N) is 2. The Balaban J connectivity index is 2.42. The van der Waals surface area contributed by atoms with Crippen LogP contribution in [0.3, 0.4) is 0 Å². The van der Waals surface area contributed by atoms with Gasteiger partial charge in [-0.1, -0.05) is 6.07 Å². The van der Waals surface area contributed by atoms with E-state index in [1.54, 1.807) is 38.4 Å². The summed E-state index contributed by atoms with van der Waals surface area (Å²) in [5.74, 6) is 0.830. The number of rotatable bonds is 4. The van der Waals surface area contributed by atoms with Crippen LogP contribution in [0.1, 0.15) is 23.1 Å². The van der Waals surface area contributed by atoms with Crippen molar-refractivity contribution in [2.75, 3.05) is 14.2 Å². The molecule has 1 heterocycles. The lowest BCUT2D eigenvalue weighted by atomic mass is 10.0. The number of hydrogen-bond donors (Lipinski definition) is 1. The Bertz CT molecular complexity index is 574. The minimum absolute atomic E-state index is 0.312. The topological polar surface area (TPSA) is 47.0 Å². The lowest BCUT2D eigenvalue weighted by Crippen LogP contribution is -2.20. The van der Waals surface area contributed by atoms with E-state index in [0.717, 1.165) is 5.69 Å². The second-order valence-electron chi connectivity index (χ2n) is 4.14. The highest BCUT2D eigenvalue weighted by molar-refractivity contribution is 5.34. The van der Waals surface area contributed by atoms with E-state index in [4.69, 9.17) is 4.74 Å². The van der Waals surface area contributed by atoms with Gasteiger partial charge in [0, 0.05) is 17.8 Å². The van der Waals surface area contributed by atoms with Crippen molar-refractivity contribution in [2.45, 2.75) is 13.0 Å². The molecule has 4 nitrogen and oxygen atoms in total. The van der Waals surface area contributed by atoms with Crippen LogP contribution in [0, 0.1) is 12.7 Å². The molecule has 1 aromatic heterocycles. The van der Waals surface area contributed by atoms with E-state index in [1.165, 1.54) is 13.2 Å². The molecule has 0 aliphatic rings. The van der Waals surface area contributed by atoms with Gasteiger partial charge in [0.25, 0.3) is 0 Å². The number of halogens is 1. The molecule has 0 amide bonds. The quantitative estimate of drug-likeness (QED) is 0.917. The van der Waals surface area contributed by atoms with Crippen LogP contribution >= 0.6 is 0 Å². The Morgan fingerprint density at radius 2 is 2.11 bits per heavy atom. The molecule has 0 aliphatic carbocycles. The van der Waals surface area contributed by atoms with Gasteiger partial charge in [-0.3, -0.25) is 0 Å². The van der Waals surface area contributed by atoms with Crippen molar-refractivity contribution in [3.8, 4) is 5.75 Å². The van der Waals surface area contributed by atoms with Crippen molar-refractivity contribution in [1.82, 2.24) is 15.3 Å². The molecule has 0 saturated carbocycles. The largest absolute Gasteiger partial charge is 0.497 e. The molecular weight excluding hydrogens is 245 g/mol. The zero-order chi connectivity index (χ0) is 13.8. The van der Waals surface area contributed by atoms with Gasteiger partial charge in [-0.05, 0) is 26.1 Å². The maximum Gasteiger partial charge on any atom is 0.132 e. The fraction of sp³-hybridized carbons (Fsp3) is 0.286. The number of aromatic nitrogens is 2. The summed E-state index contributed by atoms with van der Waals surface area (Å²) in [6.07, 6.45) is 1.67. The second-order valence-corrected chi connectivity index (χ2v) is 4.14. The summed E-state index contributed by atoms with van der Waals surface area (Å²) in [4.78, 5) is 8.38. The molecule has 0 bridgehead atoms. The van der Waals surface area contributed by atoms with Crippen molar-refractivity contribution < 1.29 is 9.13 Å². The highest BCUT2D eigenvalue weighted by Gasteiger charge is 2.18. The average molecular weight is 261 g/mol. The Morgan fingerprint density at radius 1 is 1.32 bits per heavy atom. The van der Waals surface area contributed by atoms with Crippen LogP contribution in [0.2, 0.25) is 0 Å². The van der Waals surface area contributed by atoms with Crippen LogP contribution in [0.15, 0.2) is 30.5 Å². The van der Waals surface area contributed by atoms with Crippen LogP contribution in [-0.2, 0) is 0 Å². The summed E-state index contributed by atoms with van der Waals surface area (Å²) in [5.41, 5.74) is 1.26. The van der Waals surface area contributed by atoms with Crippen molar-refractivity contribution >= 4 is 0 Å². The molecule has 1 N–H and O–H groups in total. The maximum atomic E-state index is 14.1. The lowest BCUT2D eigenvalue weighted by Gasteiger charge is -2.17. The molecule has 1 aromatic carbocycles. The van der Waals surface area contributed by atoms with E-state index in [1.807, 2.05) is 0 Å². The lowest BCUT2D eigenvalue weighted by molar-refractivity contribution is 0.410. The summed E-state index contributed by atoms with van der Waals surface area (Å²) < 4.78 is 19.1. The molecule has 0 spiro atoms. The number of ether oxygens (including phenoxy) is 1. The highest BCUT2D eigenvalue weighted by atomic mass is 19.1. The van der Waals surface area contributed by atoms with E-state index in [2.05, 4.69) is 15.3 Å². The van der Waals surface area contributed by atoms with Crippen molar-refractivity contribution in [2.24, 2.45) is 0 Å². The number of benzene rings is 1. The van der Waals surface area contributed by atoms with Crippen molar-refractivity contribution in [3.63, 3.8) is 0 Å². The van der Waals surface area contributed by atoms with Crippen molar-refractivity contribution in [3.05, 3.63) is 53.4 Å². The molecule has 0 aliphatic heterocycles. The molecule has 100 valence electrons. The Labute approximate surface area is 111 Å². The van der Waals surface area contributed by atoms with Gasteiger partial charge in [0.1, 0.15) is 17.4 Å². The third-order valence-electron chi connectivity index (χ3n) is 2.90. The van der Waals surface area contributed by atoms with Gasteiger partial charge in [0.05, 0.1) is 18.8 Å². The predicted molar refractivity (Wildman–Crippen MR) is 70.6 cm³/mol. The van der Waals surface area contributed by atoms with E-state index in [0.29, 0.717) is 17.1 Å². The first-order chi connectivity index (χ1) is 9.15.